The maximum Gasteiger partial charge on any atom is 0.217 e. The zero-order valence-electron chi connectivity index (χ0n) is 30.6. The number of ether oxygens (including phenoxy) is 1. The van der Waals surface area contributed by atoms with Crippen LogP contribution in [0.1, 0.15) is 22.3 Å². The van der Waals surface area contributed by atoms with E-state index in [4.69, 9.17) is 9.84 Å². The number of benzene rings is 6. The van der Waals surface area contributed by atoms with E-state index in [9.17, 15) is 0 Å². The van der Waals surface area contributed by atoms with Crippen molar-refractivity contribution in [3.63, 3.8) is 0 Å². The maximum absolute atomic E-state index is 6.79. The summed E-state index contributed by atoms with van der Waals surface area (Å²) in [7, 11) is 0. The Morgan fingerprint density at radius 3 is 1.85 bits per heavy atom. The molecule has 0 N–H and O–H groups in total. The third-order valence-electron chi connectivity index (χ3n) is 10.6. The molecular formula is C46H37B2N4OPt-3. The van der Waals surface area contributed by atoms with Crippen molar-refractivity contribution in [1.82, 2.24) is 9.78 Å². The number of para-hydroxylation sites is 1. The first-order valence-electron chi connectivity index (χ1n) is 18.1. The fourth-order valence-electron chi connectivity index (χ4n) is 8.31. The number of nitrogens with zero attached hydrogens (tertiary/aromatic N) is 4. The van der Waals surface area contributed by atoms with Crippen LogP contribution in [0.15, 0.2) is 146 Å². The van der Waals surface area contributed by atoms with Crippen LogP contribution in [0, 0.1) is 46.5 Å². The molecule has 0 bridgehead atoms. The first-order chi connectivity index (χ1) is 25.9. The van der Waals surface area contributed by atoms with Gasteiger partial charge in [0.15, 0.2) is 6.71 Å². The Hall–Kier alpha value is -5.51. The third-order valence-corrected chi connectivity index (χ3v) is 10.6. The zero-order valence-corrected chi connectivity index (χ0v) is 32.9. The summed E-state index contributed by atoms with van der Waals surface area (Å²) in [5.74, 6) is 1.22. The van der Waals surface area contributed by atoms with Crippen LogP contribution in [0.3, 0.4) is 0 Å². The summed E-state index contributed by atoms with van der Waals surface area (Å²) in [6.45, 7) is 10.9. The second-order valence-corrected chi connectivity index (χ2v) is 14.0. The molecule has 3 heterocycles. The predicted octanol–water partition coefficient (Wildman–Crippen LogP) is 5.76. The molecule has 0 unspecified atom stereocenters. The molecule has 0 fully saturated rings. The molecule has 0 amide bonds. The van der Waals surface area contributed by atoms with Crippen LogP contribution in [0.4, 0.5) is 11.4 Å². The molecule has 54 heavy (non-hydrogen) atoms. The first kappa shape index (κ1) is 35.5. The van der Waals surface area contributed by atoms with Gasteiger partial charge in [-0.25, -0.2) is 0 Å². The monoisotopic (exact) mass is 878 g/mol. The molecule has 0 saturated carbocycles. The van der Waals surface area contributed by atoms with Gasteiger partial charge >= 0.3 is 0 Å². The molecule has 0 radical (unpaired) electrons. The molecule has 8 heteroatoms. The van der Waals surface area contributed by atoms with Crippen LogP contribution >= 0.6 is 0 Å². The number of rotatable bonds is 7. The SMILES string of the molecule is Cc1cccc(C)c1B1c2ccccc2B(c2c(C)cccc2C)c2c(-n3cccn3)[c-]c(Oc3[c-]c(N4C=CN(c5ccccc5)[CH-]4)ccc3)cc21.[Pt]. The topological polar surface area (TPSA) is 33.5 Å². The normalized spacial score (nSPS) is 13.1. The fraction of sp³-hybridized carbons (Fsp3) is 0.0870. The van der Waals surface area contributed by atoms with E-state index in [0.717, 1.165) is 17.1 Å². The van der Waals surface area contributed by atoms with Crippen LogP contribution in [0.25, 0.3) is 5.69 Å². The van der Waals surface area contributed by atoms with Crippen molar-refractivity contribution in [2.45, 2.75) is 27.7 Å². The van der Waals surface area contributed by atoms with Gasteiger partial charge in [0.1, 0.15) is 0 Å². The minimum atomic E-state index is -0.0348. The summed E-state index contributed by atoms with van der Waals surface area (Å²) in [4.78, 5) is 4.14. The van der Waals surface area contributed by atoms with E-state index in [0.29, 0.717) is 11.5 Å². The van der Waals surface area contributed by atoms with Crippen molar-refractivity contribution in [3.05, 3.63) is 187 Å². The number of hydrogen-bond donors (Lipinski definition) is 0. The maximum atomic E-state index is 6.79. The molecule has 0 aliphatic carbocycles. The largest absolute Gasteiger partial charge is 0.509 e. The summed E-state index contributed by atoms with van der Waals surface area (Å²) < 4.78 is 8.73. The molecule has 2 aliphatic rings. The first-order valence-corrected chi connectivity index (χ1v) is 18.1. The Balaban J connectivity index is 0.00000413. The Labute approximate surface area is 333 Å². The molecule has 6 aromatic carbocycles. The number of aromatic nitrogens is 2. The average Bonchev–Trinajstić information content (AvgIpc) is 3.90. The van der Waals surface area contributed by atoms with E-state index < -0.39 is 0 Å². The van der Waals surface area contributed by atoms with E-state index in [1.54, 1.807) is 0 Å². The van der Waals surface area contributed by atoms with Crippen molar-refractivity contribution >= 4 is 57.6 Å². The molecule has 2 aliphatic heterocycles. The summed E-state index contributed by atoms with van der Waals surface area (Å²) in [5.41, 5.74) is 15.5. The van der Waals surface area contributed by atoms with Crippen molar-refractivity contribution in [2.75, 3.05) is 9.80 Å². The average molecular weight is 879 g/mol. The second-order valence-electron chi connectivity index (χ2n) is 14.0. The molecule has 0 saturated heterocycles. The second kappa shape index (κ2) is 14.7. The van der Waals surface area contributed by atoms with Crippen LogP contribution < -0.4 is 47.3 Å². The smallest absolute Gasteiger partial charge is 0.217 e. The summed E-state index contributed by atoms with van der Waals surface area (Å²) in [5, 5.41) is 4.80. The van der Waals surface area contributed by atoms with E-state index in [1.807, 2.05) is 78.6 Å². The van der Waals surface area contributed by atoms with Crippen LogP contribution in [-0.4, -0.2) is 23.2 Å². The van der Waals surface area contributed by atoms with E-state index in [2.05, 4.69) is 128 Å². The van der Waals surface area contributed by atoms with Gasteiger partial charge in [-0.1, -0.05) is 123 Å². The van der Waals surface area contributed by atoms with E-state index in [-0.39, 0.29) is 34.5 Å². The summed E-state index contributed by atoms with van der Waals surface area (Å²) >= 11 is 0. The van der Waals surface area contributed by atoms with Gasteiger partial charge in [0.25, 0.3) is 0 Å². The molecular weight excluding hydrogens is 841 g/mol. The number of hydrogen-bond acceptors (Lipinski definition) is 4. The molecule has 0 spiro atoms. The molecule has 9 rings (SSSR count). The minimum absolute atomic E-state index is 0. The Kier molecular flexibility index (Phi) is 9.68. The third kappa shape index (κ3) is 6.31. The minimum Gasteiger partial charge on any atom is -0.509 e. The summed E-state index contributed by atoms with van der Waals surface area (Å²) in [6, 6.07) is 49.9. The Morgan fingerprint density at radius 2 is 1.19 bits per heavy atom. The summed E-state index contributed by atoms with van der Waals surface area (Å²) in [6.07, 6.45) is 7.91. The molecule has 1 aromatic heterocycles. The van der Waals surface area contributed by atoms with Crippen LogP contribution in [0.2, 0.25) is 0 Å². The van der Waals surface area contributed by atoms with Gasteiger partial charge in [0.05, 0.1) is 0 Å². The zero-order chi connectivity index (χ0) is 36.1. The quantitative estimate of drug-likeness (QED) is 0.151. The van der Waals surface area contributed by atoms with E-state index >= 15 is 0 Å². The van der Waals surface area contributed by atoms with Gasteiger partial charge in [-0.3, -0.25) is 4.68 Å². The number of aryl methyl sites for hydroxylation is 4. The van der Waals surface area contributed by atoms with Gasteiger partial charge in [0.2, 0.25) is 6.71 Å². The standard InChI is InChI=1S/C46H37B2N4O.Pt/c1-32-14-10-15-33(2)44(32)47-40-22-8-9-23-41(40)48(45-34(3)16-11-17-35(45)4)46-42(47)29-39(30-43(46)52-25-13-24-49-52)53-38-21-12-20-37(28-38)51-27-26-50(31-51)36-18-6-5-7-19-36;/h5-27,29,31H,1-4H3;/q-3;. The number of fused-ring (bicyclic) bond motifs is 2. The molecule has 7 aromatic rings. The predicted molar refractivity (Wildman–Crippen MR) is 220 cm³/mol. The Morgan fingerprint density at radius 1 is 0.574 bits per heavy atom. The van der Waals surface area contributed by atoms with Crippen molar-refractivity contribution < 1.29 is 25.8 Å². The van der Waals surface area contributed by atoms with Crippen molar-refractivity contribution in [2.24, 2.45) is 0 Å². The van der Waals surface area contributed by atoms with Crippen molar-refractivity contribution in [3.8, 4) is 17.2 Å². The molecule has 5 nitrogen and oxygen atoms in total. The van der Waals surface area contributed by atoms with Gasteiger partial charge in [-0.15, -0.1) is 48.2 Å². The fourth-order valence-corrected chi connectivity index (χ4v) is 8.31. The van der Waals surface area contributed by atoms with Crippen molar-refractivity contribution in [1.29, 1.82) is 0 Å². The van der Waals surface area contributed by atoms with Crippen LogP contribution in [-0.2, 0) is 21.1 Å². The number of anilines is 2. The molecule has 0 atom stereocenters. The Bertz CT molecular complexity index is 2460. The van der Waals surface area contributed by atoms with Gasteiger partial charge in [-0.2, -0.15) is 16.6 Å². The van der Waals surface area contributed by atoms with E-state index in [1.165, 1.54) is 55.0 Å². The molecule has 266 valence electrons. The van der Waals surface area contributed by atoms with Gasteiger partial charge in [-0.05, 0) is 64.0 Å². The van der Waals surface area contributed by atoms with Crippen LogP contribution in [0.5, 0.6) is 11.5 Å². The van der Waals surface area contributed by atoms with Gasteiger partial charge < -0.3 is 14.5 Å². The van der Waals surface area contributed by atoms with Gasteiger partial charge in [0, 0.05) is 50.6 Å².